The molecule has 0 spiro atoms. The number of rotatable bonds is 10. The minimum absolute atomic E-state index is 0.0581. The van der Waals surface area contributed by atoms with Gasteiger partial charge in [-0.15, -0.1) is 0 Å². The summed E-state index contributed by atoms with van der Waals surface area (Å²) in [6.07, 6.45) is 0. The van der Waals surface area contributed by atoms with Crippen LogP contribution in [0.2, 0.25) is 5.02 Å². The first kappa shape index (κ1) is 19.9. The molecule has 0 heterocycles. The standard InChI is InChI=1S/C14H22ClN3O4S/c1-11(14(19)17-8-7-16-9-10-22-2)18-23(20,21)13-5-3-12(15)4-6-13/h3-6,11,16,18H,7-10H2,1-2H3,(H,17,19). The first-order valence-corrected chi connectivity index (χ1v) is 8.98. The molecule has 1 atom stereocenters. The molecule has 3 N–H and O–H groups in total. The number of benzene rings is 1. The second-order valence-electron chi connectivity index (χ2n) is 4.83. The van der Waals surface area contributed by atoms with Crippen LogP contribution in [-0.2, 0) is 19.6 Å². The van der Waals surface area contributed by atoms with Crippen molar-refractivity contribution in [1.82, 2.24) is 15.4 Å². The predicted octanol–water partition coefficient (Wildman–Crippen LogP) is 0.359. The van der Waals surface area contributed by atoms with Crippen molar-refractivity contribution in [1.29, 1.82) is 0 Å². The number of nitrogens with one attached hydrogen (secondary N) is 3. The van der Waals surface area contributed by atoms with Gasteiger partial charge < -0.3 is 15.4 Å². The highest BCUT2D eigenvalue weighted by Crippen LogP contribution is 2.14. The maximum Gasteiger partial charge on any atom is 0.241 e. The van der Waals surface area contributed by atoms with E-state index in [9.17, 15) is 13.2 Å². The fraction of sp³-hybridized carbons (Fsp3) is 0.500. The quantitative estimate of drug-likeness (QED) is 0.521. The van der Waals surface area contributed by atoms with Crippen LogP contribution in [-0.4, -0.2) is 53.7 Å². The number of halogens is 1. The molecule has 1 aromatic rings. The Kier molecular flexibility index (Phi) is 8.49. The lowest BCUT2D eigenvalue weighted by molar-refractivity contribution is -0.122. The first-order chi connectivity index (χ1) is 10.9. The third-order valence-corrected chi connectivity index (χ3v) is 4.74. The first-order valence-electron chi connectivity index (χ1n) is 7.12. The molecule has 130 valence electrons. The molecule has 0 fully saturated rings. The van der Waals surface area contributed by atoms with Gasteiger partial charge in [0.05, 0.1) is 17.5 Å². The van der Waals surface area contributed by atoms with Gasteiger partial charge in [0.1, 0.15) is 0 Å². The number of hydrogen-bond acceptors (Lipinski definition) is 5. The molecule has 1 aromatic carbocycles. The Morgan fingerprint density at radius 3 is 2.48 bits per heavy atom. The lowest BCUT2D eigenvalue weighted by Crippen LogP contribution is -2.46. The number of carbonyl (C=O) groups excluding carboxylic acids is 1. The largest absolute Gasteiger partial charge is 0.383 e. The minimum atomic E-state index is -3.77. The highest BCUT2D eigenvalue weighted by molar-refractivity contribution is 7.89. The number of methoxy groups -OCH3 is 1. The highest BCUT2D eigenvalue weighted by Gasteiger charge is 2.21. The molecule has 0 radical (unpaired) electrons. The van der Waals surface area contributed by atoms with Gasteiger partial charge in [0.2, 0.25) is 15.9 Å². The molecule has 23 heavy (non-hydrogen) atoms. The second kappa shape index (κ2) is 9.84. The summed E-state index contributed by atoms with van der Waals surface area (Å²) in [7, 11) is -2.16. The number of hydrogen-bond donors (Lipinski definition) is 3. The molecule has 1 amide bonds. The average Bonchev–Trinajstić information content (AvgIpc) is 2.50. The van der Waals surface area contributed by atoms with E-state index >= 15 is 0 Å². The number of carbonyl (C=O) groups is 1. The Bertz CT molecular complexity index is 593. The molecule has 1 rings (SSSR count). The van der Waals surface area contributed by atoms with Crippen molar-refractivity contribution in [3.63, 3.8) is 0 Å². The zero-order chi connectivity index (χ0) is 17.3. The van der Waals surface area contributed by atoms with Crippen molar-refractivity contribution in [2.75, 3.05) is 33.4 Å². The molecule has 0 aliphatic rings. The summed E-state index contributed by atoms with van der Waals surface area (Å²) in [4.78, 5) is 11.9. The molecular formula is C14H22ClN3O4S. The Labute approximate surface area is 141 Å². The second-order valence-corrected chi connectivity index (χ2v) is 6.98. The van der Waals surface area contributed by atoms with Crippen molar-refractivity contribution in [2.45, 2.75) is 17.9 Å². The van der Waals surface area contributed by atoms with Crippen molar-refractivity contribution < 1.29 is 17.9 Å². The molecule has 1 unspecified atom stereocenters. The molecule has 7 nitrogen and oxygen atoms in total. The van der Waals surface area contributed by atoms with Crippen molar-refractivity contribution in [2.24, 2.45) is 0 Å². The van der Waals surface area contributed by atoms with Gasteiger partial charge in [-0.2, -0.15) is 4.72 Å². The fourth-order valence-corrected chi connectivity index (χ4v) is 3.02. The monoisotopic (exact) mass is 363 g/mol. The lowest BCUT2D eigenvalue weighted by atomic mass is 10.3. The molecule has 0 aliphatic carbocycles. The summed E-state index contributed by atoms with van der Waals surface area (Å²) in [5.41, 5.74) is 0. The third-order valence-electron chi connectivity index (χ3n) is 2.93. The van der Waals surface area contributed by atoms with Crippen LogP contribution in [0.5, 0.6) is 0 Å². The zero-order valence-electron chi connectivity index (χ0n) is 13.1. The van der Waals surface area contributed by atoms with Crippen LogP contribution in [0.25, 0.3) is 0 Å². The van der Waals surface area contributed by atoms with Gasteiger partial charge in [-0.3, -0.25) is 4.79 Å². The maximum absolute atomic E-state index is 12.1. The van der Waals surface area contributed by atoms with Crippen molar-refractivity contribution in [3.05, 3.63) is 29.3 Å². The fourth-order valence-electron chi connectivity index (χ4n) is 1.69. The van der Waals surface area contributed by atoms with Crippen LogP contribution in [0.4, 0.5) is 0 Å². The Hall–Kier alpha value is -1.19. The summed E-state index contributed by atoms with van der Waals surface area (Å²) < 4.78 is 31.5. The van der Waals surface area contributed by atoms with Crippen LogP contribution >= 0.6 is 11.6 Å². The minimum Gasteiger partial charge on any atom is -0.383 e. The zero-order valence-corrected chi connectivity index (χ0v) is 14.7. The van der Waals surface area contributed by atoms with Gasteiger partial charge >= 0.3 is 0 Å². The Morgan fingerprint density at radius 2 is 1.87 bits per heavy atom. The van der Waals surface area contributed by atoms with E-state index in [1.807, 2.05) is 0 Å². The third kappa shape index (κ3) is 7.28. The molecule has 0 aromatic heterocycles. The van der Waals surface area contributed by atoms with Gasteiger partial charge in [-0.1, -0.05) is 11.6 Å². The van der Waals surface area contributed by atoms with E-state index in [1.54, 1.807) is 7.11 Å². The van der Waals surface area contributed by atoms with Crippen LogP contribution in [0.15, 0.2) is 29.2 Å². The van der Waals surface area contributed by atoms with Gasteiger partial charge in [-0.25, -0.2) is 8.42 Å². The van der Waals surface area contributed by atoms with E-state index in [1.165, 1.54) is 31.2 Å². The lowest BCUT2D eigenvalue weighted by Gasteiger charge is -2.14. The summed E-state index contributed by atoms with van der Waals surface area (Å²) in [6.45, 7) is 3.73. The molecule has 0 aliphatic heterocycles. The van der Waals surface area contributed by atoms with Crippen LogP contribution in [0, 0.1) is 0 Å². The topological polar surface area (TPSA) is 96.5 Å². The highest BCUT2D eigenvalue weighted by atomic mass is 35.5. The molecule has 9 heteroatoms. The van der Waals surface area contributed by atoms with E-state index < -0.39 is 22.0 Å². The predicted molar refractivity (Wildman–Crippen MR) is 89.0 cm³/mol. The molecular weight excluding hydrogens is 342 g/mol. The summed E-state index contributed by atoms with van der Waals surface area (Å²) in [5, 5.41) is 6.16. The number of ether oxygens (including phenoxy) is 1. The molecule has 0 saturated heterocycles. The average molecular weight is 364 g/mol. The van der Waals surface area contributed by atoms with Crippen LogP contribution in [0.1, 0.15) is 6.92 Å². The van der Waals surface area contributed by atoms with Crippen LogP contribution in [0.3, 0.4) is 0 Å². The number of sulfonamides is 1. The SMILES string of the molecule is COCCNCCNC(=O)C(C)NS(=O)(=O)c1ccc(Cl)cc1. The Morgan fingerprint density at radius 1 is 1.22 bits per heavy atom. The van der Waals surface area contributed by atoms with Crippen molar-refractivity contribution >= 4 is 27.5 Å². The van der Waals surface area contributed by atoms with E-state index in [2.05, 4.69) is 15.4 Å². The smallest absolute Gasteiger partial charge is 0.241 e. The molecule has 0 bridgehead atoms. The van der Waals surface area contributed by atoms with Crippen molar-refractivity contribution in [3.8, 4) is 0 Å². The summed E-state index contributed by atoms with van der Waals surface area (Å²) >= 11 is 5.73. The van der Waals surface area contributed by atoms with E-state index in [-0.39, 0.29) is 4.90 Å². The van der Waals surface area contributed by atoms with E-state index in [0.29, 0.717) is 31.3 Å². The molecule has 0 saturated carbocycles. The normalized spacial score (nSPS) is 12.8. The van der Waals surface area contributed by atoms with Crippen LogP contribution < -0.4 is 15.4 Å². The van der Waals surface area contributed by atoms with E-state index in [0.717, 1.165) is 0 Å². The van der Waals surface area contributed by atoms with Gasteiger partial charge in [0.15, 0.2) is 0 Å². The Balaban J connectivity index is 2.43. The van der Waals surface area contributed by atoms with E-state index in [4.69, 9.17) is 16.3 Å². The summed E-state index contributed by atoms with van der Waals surface area (Å²) in [5.74, 6) is -0.393. The van der Waals surface area contributed by atoms with Gasteiger partial charge in [-0.05, 0) is 31.2 Å². The van der Waals surface area contributed by atoms with Gasteiger partial charge in [0.25, 0.3) is 0 Å². The number of amides is 1. The summed E-state index contributed by atoms with van der Waals surface area (Å²) in [6, 6.07) is 4.85. The van der Waals surface area contributed by atoms with Gasteiger partial charge in [0, 0.05) is 31.8 Å². The maximum atomic E-state index is 12.1.